The van der Waals surface area contributed by atoms with Gasteiger partial charge in [0.1, 0.15) is 0 Å². The SMILES string of the molecule is Clc1ccc(/C=C/Cc2ccc(Br)cc2)cc1. The second-order valence-corrected chi connectivity index (χ2v) is 5.14. The first-order valence-corrected chi connectivity index (χ1v) is 6.58. The Kier molecular flexibility index (Phi) is 4.41. The van der Waals surface area contributed by atoms with Crippen molar-refractivity contribution < 1.29 is 0 Å². The standard InChI is InChI=1S/C15H12BrCl/c16-14-8-4-12(5-9-14)2-1-3-13-6-10-15(17)11-7-13/h1,3-11H,2H2/b3-1+. The molecule has 0 radical (unpaired) electrons. The van der Waals surface area contributed by atoms with E-state index in [1.807, 2.05) is 24.3 Å². The van der Waals surface area contributed by atoms with E-state index in [-0.39, 0.29) is 0 Å². The fourth-order valence-corrected chi connectivity index (χ4v) is 1.92. The molecule has 2 rings (SSSR count). The summed E-state index contributed by atoms with van der Waals surface area (Å²) in [6.45, 7) is 0. The van der Waals surface area contributed by atoms with Gasteiger partial charge in [0.15, 0.2) is 0 Å². The summed E-state index contributed by atoms with van der Waals surface area (Å²) in [6, 6.07) is 16.2. The number of hydrogen-bond acceptors (Lipinski definition) is 0. The van der Waals surface area contributed by atoms with Gasteiger partial charge in [-0.2, -0.15) is 0 Å². The van der Waals surface area contributed by atoms with Gasteiger partial charge in [-0.1, -0.05) is 63.9 Å². The average molecular weight is 308 g/mol. The summed E-state index contributed by atoms with van der Waals surface area (Å²) in [5, 5.41) is 0.773. The minimum absolute atomic E-state index is 0.773. The van der Waals surface area contributed by atoms with Crippen molar-refractivity contribution in [3.8, 4) is 0 Å². The molecular formula is C15H12BrCl. The summed E-state index contributed by atoms with van der Waals surface area (Å²) in [5.41, 5.74) is 2.48. The summed E-state index contributed by atoms with van der Waals surface area (Å²) < 4.78 is 1.11. The third kappa shape index (κ3) is 4.03. The van der Waals surface area contributed by atoms with Crippen LogP contribution in [0.25, 0.3) is 6.08 Å². The number of benzene rings is 2. The van der Waals surface area contributed by atoms with Crippen LogP contribution in [0.3, 0.4) is 0 Å². The van der Waals surface area contributed by atoms with E-state index in [0.717, 1.165) is 15.9 Å². The molecule has 0 saturated carbocycles. The molecule has 0 nitrogen and oxygen atoms in total. The predicted octanol–water partition coefficient (Wildman–Crippen LogP) is 5.36. The average Bonchev–Trinajstić information content (AvgIpc) is 2.34. The molecule has 0 atom stereocenters. The highest BCUT2D eigenvalue weighted by molar-refractivity contribution is 9.10. The highest BCUT2D eigenvalue weighted by Crippen LogP contribution is 2.13. The van der Waals surface area contributed by atoms with Gasteiger partial charge in [-0.15, -0.1) is 0 Å². The third-order valence-electron chi connectivity index (χ3n) is 2.45. The molecule has 0 fully saturated rings. The lowest BCUT2D eigenvalue weighted by Crippen LogP contribution is -1.79. The monoisotopic (exact) mass is 306 g/mol. The zero-order valence-electron chi connectivity index (χ0n) is 9.24. The Morgan fingerprint density at radius 1 is 0.941 bits per heavy atom. The summed E-state index contributed by atoms with van der Waals surface area (Å²) in [4.78, 5) is 0. The normalized spacial score (nSPS) is 10.9. The van der Waals surface area contributed by atoms with Crippen molar-refractivity contribution in [1.29, 1.82) is 0 Å². The Morgan fingerprint density at radius 3 is 2.24 bits per heavy atom. The first-order chi connectivity index (χ1) is 8.24. The molecule has 2 aromatic carbocycles. The van der Waals surface area contributed by atoms with Crippen molar-refractivity contribution in [3.63, 3.8) is 0 Å². The lowest BCUT2D eigenvalue weighted by atomic mass is 10.1. The molecule has 0 aliphatic rings. The van der Waals surface area contributed by atoms with Gasteiger partial charge >= 0.3 is 0 Å². The molecule has 0 aromatic heterocycles. The van der Waals surface area contributed by atoms with E-state index in [1.54, 1.807) is 0 Å². The first kappa shape index (κ1) is 12.4. The fourth-order valence-electron chi connectivity index (χ4n) is 1.53. The van der Waals surface area contributed by atoms with Gasteiger partial charge < -0.3 is 0 Å². The van der Waals surface area contributed by atoms with Gasteiger partial charge in [-0.05, 0) is 41.8 Å². The Balaban J connectivity index is 1.97. The summed E-state index contributed by atoms with van der Waals surface area (Å²) in [7, 11) is 0. The van der Waals surface area contributed by atoms with E-state index in [4.69, 9.17) is 11.6 Å². The number of hydrogen-bond donors (Lipinski definition) is 0. The molecule has 0 heterocycles. The minimum Gasteiger partial charge on any atom is -0.0843 e. The van der Waals surface area contributed by atoms with Gasteiger partial charge in [-0.25, -0.2) is 0 Å². The Hall–Kier alpha value is -1.05. The van der Waals surface area contributed by atoms with Crippen molar-refractivity contribution in [3.05, 3.63) is 75.2 Å². The molecule has 0 spiro atoms. The first-order valence-electron chi connectivity index (χ1n) is 5.40. The van der Waals surface area contributed by atoms with E-state index in [2.05, 4.69) is 52.3 Å². The predicted molar refractivity (Wildman–Crippen MR) is 78.3 cm³/mol. The van der Waals surface area contributed by atoms with E-state index < -0.39 is 0 Å². The molecule has 0 N–H and O–H groups in total. The summed E-state index contributed by atoms with van der Waals surface area (Å²) >= 11 is 9.25. The van der Waals surface area contributed by atoms with Crippen molar-refractivity contribution >= 4 is 33.6 Å². The molecule has 0 aliphatic heterocycles. The maximum Gasteiger partial charge on any atom is 0.0406 e. The van der Waals surface area contributed by atoms with Gasteiger partial charge in [-0.3, -0.25) is 0 Å². The summed E-state index contributed by atoms with van der Waals surface area (Å²) in [6.07, 6.45) is 5.21. The molecular weight excluding hydrogens is 296 g/mol. The Morgan fingerprint density at radius 2 is 1.59 bits per heavy atom. The molecule has 2 aromatic rings. The summed E-state index contributed by atoms with van der Waals surface area (Å²) in [5.74, 6) is 0. The highest BCUT2D eigenvalue weighted by atomic mass is 79.9. The Bertz CT molecular complexity index is 497. The molecule has 17 heavy (non-hydrogen) atoms. The van der Waals surface area contributed by atoms with Crippen LogP contribution in [0, 0.1) is 0 Å². The van der Waals surface area contributed by atoms with E-state index >= 15 is 0 Å². The zero-order valence-corrected chi connectivity index (χ0v) is 11.6. The van der Waals surface area contributed by atoms with E-state index in [1.165, 1.54) is 11.1 Å². The second-order valence-electron chi connectivity index (χ2n) is 3.78. The molecule has 86 valence electrons. The molecule has 0 amide bonds. The smallest absolute Gasteiger partial charge is 0.0406 e. The second kappa shape index (κ2) is 6.04. The molecule has 2 heteroatoms. The number of halogens is 2. The largest absolute Gasteiger partial charge is 0.0843 e. The fraction of sp³-hybridized carbons (Fsp3) is 0.0667. The van der Waals surface area contributed by atoms with Gasteiger partial charge in [0, 0.05) is 9.50 Å². The highest BCUT2D eigenvalue weighted by Gasteiger charge is 1.90. The molecule has 0 aliphatic carbocycles. The van der Waals surface area contributed by atoms with Crippen LogP contribution < -0.4 is 0 Å². The number of allylic oxidation sites excluding steroid dienone is 1. The van der Waals surface area contributed by atoms with Crippen molar-refractivity contribution in [1.82, 2.24) is 0 Å². The van der Waals surface area contributed by atoms with Crippen molar-refractivity contribution in [2.45, 2.75) is 6.42 Å². The van der Waals surface area contributed by atoms with Crippen LogP contribution >= 0.6 is 27.5 Å². The minimum atomic E-state index is 0.773. The quantitative estimate of drug-likeness (QED) is 0.716. The van der Waals surface area contributed by atoms with Crippen LogP contribution in [-0.2, 0) is 6.42 Å². The maximum atomic E-state index is 5.83. The van der Waals surface area contributed by atoms with Crippen LogP contribution in [0.5, 0.6) is 0 Å². The maximum absolute atomic E-state index is 5.83. The van der Waals surface area contributed by atoms with Crippen LogP contribution in [0.2, 0.25) is 5.02 Å². The van der Waals surface area contributed by atoms with Crippen LogP contribution in [-0.4, -0.2) is 0 Å². The van der Waals surface area contributed by atoms with E-state index in [9.17, 15) is 0 Å². The molecule has 0 bridgehead atoms. The van der Waals surface area contributed by atoms with Crippen LogP contribution in [0.4, 0.5) is 0 Å². The molecule has 0 unspecified atom stereocenters. The van der Waals surface area contributed by atoms with Crippen molar-refractivity contribution in [2.24, 2.45) is 0 Å². The van der Waals surface area contributed by atoms with Gasteiger partial charge in [0.05, 0.1) is 0 Å². The number of rotatable bonds is 3. The van der Waals surface area contributed by atoms with Gasteiger partial charge in [0.25, 0.3) is 0 Å². The topological polar surface area (TPSA) is 0 Å². The lowest BCUT2D eigenvalue weighted by Gasteiger charge is -1.97. The lowest BCUT2D eigenvalue weighted by molar-refractivity contribution is 1.27. The van der Waals surface area contributed by atoms with E-state index in [0.29, 0.717) is 0 Å². The van der Waals surface area contributed by atoms with Crippen LogP contribution in [0.15, 0.2) is 59.1 Å². The van der Waals surface area contributed by atoms with Gasteiger partial charge in [0.2, 0.25) is 0 Å². The third-order valence-corrected chi connectivity index (χ3v) is 3.23. The Labute approximate surface area is 115 Å². The molecule has 0 saturated heterocycles. The zero-order chi connectivity index (χ0) is 12.1. The van der Waals surface area contributed by atoms with Crippen LogP contribution in [0.1, 0.15) is 11.1 Å². The van der Waals surface area contributed by atoms with Crippen molar-refractivity contribution in [2.75, 3.05) is 0 Å².